The van der Waals surface area contributed by atoms with E-state index in [-0.39, 0.29) is 11.1 Å². The van der Waals surface area contributed by atoms with Gasteiger partial charge in [-0.15, -0.1) is 0 Å². The fourth-order valence-electron chi connectivity index (χ4n) is 2.57. The van der Waals surface area contributed by atoms with Gasteiger partial charge in [-0.05, 0) is 25.1 Å². The Bertz CT molecular complexity index is 703. The van der Waals surface area contributed by atoms with Crippen LogP contribution in [0.4, 0.5) is 13.2 Å². The maximum Gasteiger partial charge on any atom is 0.393 e. The van der Waals surface area contributed by atoms with Crippen LogP contribution >= 0.6 is 0 Å². The van der Waals surface area contributed by atoms with E-state index in [9.17, 15) is 13.2 Å². The highest BCUT2D eigenvalue weighted by atomic mass is 19.4. The summed E-state index contributed by atoms with van der Waals surface area (Å²) in [6, 6.07) is 3.19. The molecule has 2 heterocycles. The normalized spacial score (nSPS) is 12.6. The Morgan fingerprint density at radius 2 is 1.50 bits per heavy atom. The fourth-order valence-corrected chi connectivity index (χ4v) is 2.57. The lowest BCUT2D eigenvalue weighted by atomic mass is 9.97. The minimum Gasteiger partial charge on any atom is -0.464 e. The first-order chi connectivity index (χ1) is 9.51. The van der Waals surface area contributed by atoms with Crippen LogP contribution in [0.2, 0.25) is 0 Å². The van der Waals surface area contributed by atoms with E-state index in [1.54, 1.807) is 12.1 Å². The summed E-state index contributed by atoms with van der Waals surface area (Å²) < 4.78 is 48.9. The Hall–Kier alpha value is -1.95. The minimum atomic E-state index is -4.31. The van der Waals surface area contributed by atoms with E-state index in [1.807, 2.05) is 0 Å². The first kappa shape index (κ1) is 13.1. The zero-order valence-electron chi connectivity index (χ0n) is 10.5. The maximum atomic E-state index is 12.8. The van der Waals surface area contributed by atoms with Gasteiger partial charge in [0.1, 0.15) is 11.2 Å². The maximum absolute atomic E-state index is 12.8. The predicted octanol–water partition coefficient (Wildman–Crippen LogP) is 3.79. The molecular weight excluding hydrogens is 271 g/mol. The molecule has 3 rings (SSSR count). The number of hydrogen-bond donors (Lipinski definition) is 1. The monoisotopic (exact) mass is 283 g/mol. The van der Waals surface area contributed by atoms with Gasteiger partial charge in [0.05, 0.1) is 18.9 Å². The Kier molecular flexibility index (Phi) is 2.97. The summed E-state index contributed by atoms with van der Waals surface area (Å²) in [5.41, 5.74) is 7.20. The van der Waals surface area contributed by atoms with Crippen molar-refractivity contribution < 1.29 is 22.0 Å². The van der Waals surface area contributed by atoms with Crippen LogP contribution in [0.3, 0.4) is 0 Å². The minimum absolute atomic E-state index is 0.113. The molecular formula is C14H12F3NO2. The summed E-state index contributed by atoms with van der Waals surface area (Å²) in [4.78, 5) is 0. The van der Waals surface area contributed by atoms with Crippen molar-refractivity contribution in [2.45, 2.75) is 19.0 Å². The first-order valence-corrected chi connectivity index (χ1v) is 6.16. The van der Waals surface area contributed by atoms with Crippen LogP contribution in [0.1, 0.15) is 11.1 Å². The third-order valence-electron chi connectivity index (χ3n) is 3.30. The first-order valence-electron chi connectivity index (χ1n) is 6.16. The van der Waals surface area contributed by atoms with E-state index in [1.165, 1.54) is 12.5 Å². The van der Waals surface area contributed by atoms with Gasteiger partial charge in [0.25, 0.3) is 0 Å². The van der Waals surface area contributed by atoms with Crippen LogP contribution in [-0.4, -0.2) is 12.7 Å². The molecule has 3 aromatic rings. The molecule has 0 radical (unpaired) electrons. The van der Waals surface area contributed by atoms with Crippen LogP contribution < -0.4 is 5.73 Å². The van der Waals surface area contributed by atoms with Crippen LogP contribution in [0, 0.1) is 0 Å². The van der Waals surface area contributed by atoms with Gasteiger partial charge in [0, 0.05) is 21.9 Å². The molecule has 0 atom stereocenters. The van der Waals surface area contributed by atoms with Gasteiger partial charge in [-0.3, -0.25) is 0 Å². The molecule has 20 heavy (non-hydrogen) atoms. The molecule has 0 bridgehead atoms. The molecule has 106 valence electrons. The smallest absolute Gasteiger partial charge is 0.393 e. The van der Waals surface area contributed by atoms with Gasteiger partial charge in [-0.1, -0.05) is 0 Å². The SMILES string of the molecule is NCCc1c2ccoc2c(CC(F)(F)F)c2ccoc12. The van der Waals surface area contributed by atoms with Gasteiger partial charge >= 0.3 is 6.18 Å². The van der Waals surface area contributed by atoms with Crippen LogP contribution in [0.25, 0.3) is 21.9 Å². The highest BCUT2D eigenvalue weighted by molar-refractivity contribution is 6.01. The molecule has 0 unspecified atom stereocenters. The number of halogens is 3. The molecule has 0 aliphatic heterocycles. The summed E-state index contributed by atoms with van der Waals surface area (Å²) in [5.74, 6) is 0. The quantitative estimate of drug-likeness (QED) is 0.795. The van der Waals surface area contributed by atoms with Crippen molar-refractivity contribution in [3.8, 4) is 0 Å². The zero-order chi connectivity index (χ0) is 14.3. The van der Waals surface area contributed by atoms with Crippen molar-refractivity contribution in [3.63, 3.8) is 0 Å². The summed E-state index contributed by atoms with van der Waals surface area (Å²) in [6.07, 6.45) is -2.05. The van der Waals surface area contributed by atoms with Crippen molar-refractivity contribution in [1.29, 1.82) is 0 Å². The number of fused-ring (bicyclic) bond motifs is 2. The third-order valence-corrected chi connectivity index (χ3v) is 3.30. The number of benzene rings is 1. The van der Waals surface area contributed by atoms with Crippen molar-refractivity contribution in [2.24, 2.45) is 5.73 Å². The largest absolute Gasteiger partial charge is 0.464 e. The van der Waals surface area contributed by atoms with Gasteiger partial charge in [-0.2, -0.15) is 13.2 Å². The topological polar surface area (TPSA) is 52.3 Å². The zero-order valence-corrected chi connectivity index (χ0v) is 10.5. The van der Waals surface area contributed by atoms with E-state index in [0.717, 1.165) is 5.56 Å². The molecule has 0 aliphatic carbocycles. The number of alkyl halides is 3. The van der Waals surface area contributed by atoms with Crippen molar-refractivity contribution in [1.82, 2.24) is 0 Å². The van der Waals surface area contributed by atoms with Crippen LogP contribution in [-0.2, 0) is 12.8 Å². The molecule has 0 spiro atoms. The molecule has 0 aliphatic rings. The Labute approximate surface area is 112 Å². The van der Waals surface area contributed by atoms with Crippen LogP contribution in [0.15, 0.2) is 33.5 Å². The number of furan rings is 2. The van der Waals surface area contributed by atoms with Gasteiger partial charge < -0.3 is 14.6 Å². The number of rotatable bonds is 3. The van der Waals surface area contributed by atoms with E-state index in [2.05, 4.69) is 0 Å². The number of nitrogens with two attached hydrogens (primary N) is 1. The summed E-state index contributed by atoms with van der Waals surface area (Å²) >= 11 is 0. The third kappa shape index (κ3) is 2.06. The fraction of sp³-hybridized carbons (Fsp3) is 0.286. The summed E-state index contributed by atoms with van der Waals surface area (Å²) in [7, 11) is 0. The summed E-state index contributed by atoms with van der Waals surface area (Å²) in [5, 5.41) is 1.07. The van der Waals surface area contributed by atoms with E-state index >= 15 is 0 Å². The van der Waals surface area contributed by atoms with E-state index in [0.29, 0.717) is 29.3 Å². The lowest BCUT2D eigenvalue weighted by molar-refractivity contribution is -0.126. The van der Waals surface area contributed by atoms with E-state index in [4.69, 9.17) is 14.6 Å². The van der Waals surface area contributed by atoms with Gasteiger partial charge in [0.2, 0.25) is 0 Å². The summed E-state index contributed by atoms with van der Waals surface area (Å²) in [6.45, 7) is 0.384. The second-order valence-corrected chi connectivity index (χ2v) is 4.61. The highest BCUT2D eigenvalue weighted by Gasteiger charge is 2.31. The Morgan fingerprint density at radius 3 is 2.05 bits per heavy atom. The molecule has 2 N–H and O–H groups in total. The van der Waals surface area contributed by atoms with Gasteiger partial charge in [0.15, 0.2) is 0 Å². The van der Waals surface area contributed by atoms with Crippen molar-refractivity contribution in [2.75, 3.05) is 6.54 Å². The molecule has 6 heteroatoms. The Morgan fingerprint density at radius 1 is 0.950 bits per heavy atom. The van der Waals surface area contributed by atoms with Gasteiger partial charge in [-0.25, -0.2) is 0 Å². The molecule has 0 saturated carbocycles. The molecule has 1 aromatic carbocycles. The second-order valence-electron chi connectivity index (χ2n) is 4.61. The molecule has 0 saturated heterocycles. The predicted molar refractivity (Wildman–Crippen MR) is 68.5 cm³/mol. The second kappa shape index (κ2) is 4.56. The lowest BCUT2D eigenvalue weighted by Gasteiger charge is -2.11. The van der Waals surface area contributed by atoms with E-state index < -0.39 is 12.6 Å². The van der Waals surface area contributed by atoms with Crippen LogP contribution in [0.5, 0.6) is 0 Å². The standard InChI is InChI=1S/C14H12F3NO2/c15-14(16,17)7-11-10-3-6-19-12(10)8(1-4-18)9-2-5-20-13(9)11/h2-3,5-6H,1,4,7,18H2. The average molecular weight is 283 g/mol. The lowest BCUT2D eigenvalue weighted by Crippen LogP contribution is -2.12. The molecule has 0 amide bonds. The van der Waals surface area contributed by atoms with Crippen molar-refractivity contribution >= 4 is 21.9 Å². The molecule has 2 aromatic heterocycles. The van der Waals surface area contributed by atoms with Crippen molar-refractivity contribution in [3.05, 3.63) is 35.8 Å². The Balaban J connectivity index is 2.34. The molecule has 0 fully saturated rings. The number of hydrogen-bond acceptors (Lipinski definition) is 3. The molecule has 3 nitrogen and oxygen atoms in total. The average Bonchev–Trinajstić information content (AvgIpc) is 3.00. The highest BCUT2D eigenvalue weighted by Crippen LogP contribution is 2.37.